The van der Waals surface area contributed by atoms with Gasteiger partial charge in [0.1, 0.15) is 5.04 Å². The van der Waals surface area contributed by atoms with Crippen molar-refractivity contribution in [1.29, 1.82) is 0 Å². The summed E-state index contributed by atoms with van der Waals surface area (Å²) in [7, 11) is -3.36. The standard InChI is InChI=1S/C22H24ClN3O2S2/c1-2-29-21-20(18-8-10-19(23)11-9-18)24-22(25-21)12-14-26(15-13-22)30(27,28)16-17-6-4-3-5-7-17/h3-11H,2,12-16H2,1H3. The molecule has 8 heteroatoms. The van der Waals surface area contributed by atoms with E-state index in [-0.39, 0.29) is 5.75 Å². The summed E-state index contributed by atoms with van der Waals surface area (Å²) in [6.45, 7) is 2.96. The fraction of sp³-hybridized carbons (Fsp3) is 0.364. The van der Waals surface area contributed by atoms with Crippen LogP contribution in [0.5, 0.6) is 0 Å². The van der Waals surface area contributed by atoms with Crippen LogP contribution in [0.2, 0.25) is 5.02 Å². The zero-order valence-electron chi connectivity index (χ0n) is 16.8. The summed E-state index contributed by atoms with van der Waals surface area (Å²) in [5, 5.41) is 1.62. The number of hydrogen-bond acceptors (Lipinski definition) is 5. The van der Waals surface area contributed by atoms with Crippen LogP contribution in [0.1, 0.15) is 30.9 Å². The minimum absolute atomic E-state index is 0.0281. The van der Waals surface area contributed by atoms with Crippen LogP contribution in [-0.4, -0.2) is 48.0 Å². The van der Waals surface area contributed by atoms with Crippen molar-refractivity contribution < 1.29 is 8.42 Å². The number of nitrogens with zero attached hydrogens (tertiary/aromatic N) is 3. The van der Waals surface area contributed by atoms with E-state index in [1.165, 1.54) is 0 Å². The third kappa shape index (κ3) is 4.64. The number of aliphatic imine (C=N–C) groups is 2. The molecule has 0 saturated carbocycles. The number of sulfonamides is 1. The zero-order chi connectivity index (χ0) is 21.2. The molecule has 158 valence electrons. The molecule has 2 aromatic carbocycles. The van der Waals surface area contributed by atoms with Gasteiger partial charge in [-0.05, 0) is 23.4 Å². The summed E-state index contributed by atoms with van der Waals surface area (Å²) in [5.74, 6) is 0.930. The molecule has 4 rings (SSSR count). The first kappa shape index (κ1) is 21.6. The lowest BCUT2D eigenvalue weighted by Crippen LogP contribution is -2.44. The zero-order valence-corrected chi connectivity index (χ0v) is 19.2. The van der Waals surface area contributed by atoms with Crippen molar-refractivity contribution in [3.8, 4) is 0 Å². The van der Waals surface area contributed by atoms with Crippen molar-refractivity contribution in [1.82, 2.24) is 4.31 Å². The van der Waals surface area contributed by atoms with Gasteiger partial charge in [-0.2, -0.15) is 0 Å². The molecule has 1 saturated heterocycles. The number of benzene rings is 2. The lowest BCUT2D eigenvalue weighted by atomic mass is 10.00. The molecule has 2 aliphatic heterocycles. The Morgan fingerprint density at radius 1 is 1.03 bits per heavy atom. The Kier molecular flexibility index (Phi) is 6.34. The first-order chi connectivity index (χ1) is 14.4. The highest BCUT2D eigenvalue weighted by Gasteiger charge is 2.42. The van der Waals surface area contributed by atoms with Gasteiger partial charge in [-0.3, -0.25) is 4.99 Å². The van der Waals surface area contributed by atoms with Gasteiger partial charge < -0.3 is 0 Å². The summed E-state index contributed by atoms with van der Waals surface area (Å²) in [5.41, 5.74) is 2.13. The Morgan fingerprint density at radius 2 is 1.70 bits per heavy atom. The van der Waals surface area contributed by atoms with E-state index in [2.05, 4.69) is 6.92 Å². The highest BCUT2D eigenvalue weighted by Crippen LogP contribution is 2.36. The minimum atomic E-state index is -3.36. The lowest BCUT2D eigenvalue weighted by Gasteiger charge is -2.34. The van der Waals surface area contributed by atoms with Gasteiger partial charge in [-0.15, -0.1) is 11.8 Å². The summed E-state index contributed by atoms with van der Waals surface area (Å²) in [6.07, 6.45) is 1.18. The van der Waals surface area contributed by atoms with E-state index in [9.17, 15) is 8.42 Å². The topological polar surface area (TPSA) is 62.1 Å². The van der Waals surface area contributed by atoms with Gasteiger partial charge in [-0.25, -0.2) is 17.7 Å². The molecule has 2 aromatic rings. The smallest absolute Gasteiger partial charge is 0.218 e. The highest BCUT2D eigenvalue weighted by atomic mass is 35.5. The average molecular weight is 462 g/mol. The molecule has 2 aliphatic rings. The minimum Gasteiger partial charge on any atom is -0.252 e. The van der Waals surface area contributed by atoms with Crippen LogP contribution in [0, 0.1) is 0 Å². The molecule has 1 fully saturated rings. The molecule has 5 nitrogen and oxygen atoms in total. The van der Waals surface area contributed by atoms with Gasteiger partial charge in [0.25, 0.3) is 0 Å². The van der Waals surface area contributed by atoms with Crippen molar-refractivity contribution in [2.45, 2.75) is 31.2 Å². The third-order valence-corrected chi connectivity index (χ3v) is 8.29. The van der Waals surface area contributed by atoms with Crippen molar-refractivity contribution in [3.05, 3.63) is 70.7 Å². The van der Waals surface area contributed by atoms with E-state index in [0.29, 0.717) is 31.0 Å². The second-order valence-electron chi connectivity index (χ2n) is 7.44. The fourth-order valence-corrected chi connectivity index (χ4v) is 6.25. The van der Waals surface area contributed by atoms with Gasteiger partial charge in [0.2, 0.25) is 10.0 Å². The van der Waals surface area contributed by atoms with E-state index in [1.54, 1.807) is 16.1 Å². The molecule has 0 amide bonds. The number of halogens is 1. The molecule has 2 heterocycles. The van der Waals surface area contributed by atoms with Crippen molar-refractivity contribution in [2.24, 2.45) is 9.98 Å². The third-order valence-electron chi connectivity index (χ3n) is 5.34. The first-order valence-corrected chi connectivity index (χ1v) is 13.0. The van der Waals surface area contributed by atoms with E-state index >= 15 is 0 Å². The number of piperidine rings is 1. The maximum Gasteiger partial charge on any atom is 0.218 e. The Bertz CT molecular complexity index is 1060. The molecule has 0 bridgehead atoms. The van der Waals surface area contributed by atoms with Crippen LogP contribution in [-0.2, 0) is 15.8 Å². The number of hydrogen-bond donors (Lipinski definition) is 0. The average Bonchev–Trinajstić information content (AvgIpc) is 3.07. The summed E-state index contributed by atoms with van der Waals surface area (Å²) in [6, 6.07) is 17.0. The van der Waals surface area contributed by atoms with Gasteiger partial charge in [-0.1, -0.05) is 61.0 Å². The van der Waals surface area contributed by atoms with Crippen LogP contribution in [0.25, 0.3) is 0 Å². The molecule has 0 radical (unpaired) electrons. The SMILES string of the molecule is CCSC1=NC2(CCN(S(=O)(=O)Cc3ccccc3)CC2)N=C1c1ccc(Cl)cc1. The number of thioether (sulfide) groups is 1. The molecule has 0 atom stereocenters. The summed E-state index contributed by atoms with van der Waals surface area (Å²) < 4.78 is 27.3. The molecular weight excluding hydrogens is 438 g/mol. The fourth-order valence-electron chi connectivity index (χ4n) is 3.78. The van der Waals surface area contributed by atoms with E-state index in [4.69, 9.17) is 21.6 Å². The first-order valence-electron chi connectivity index (χ1n) is 10.0. The second-order valence-corrected chi connectivity index (χ2v) is 11.1. The van der Waals surface area contributed by atoms with Crippen molar-refractivity contribution in [3.63, 3.8) is 0 Å². The van der Waals surface area contributed by atoms with Gasteiger partial charge in [0.05, 0.1) is 11.5 Å². The quantitative estimate of drug-likeness (QED) is 0.652. The predicted molar refractivity (Wildman–Crippen MR) is 126 cm³/mol. The summed E-state index contributed by atoms with van der Waals surface area (Å²) in [4.78, 5) is 9.98. The molecule has 0 N–H and O–H groups in total. The Morgan fingerprint density at radius 3 is 2.33 bits per heavy atom. The van der Waals surface area contributed by atoms with Crippen LogP contribution >= 0.6 is 23.4 Å². The van der Waals surface area contributed by atoms with Crippen LogP contribution < -0.4 is 0 Å². The molecule has 0 aromatic heterocycles. The Labute approximate surface area is 187 Å². The molecule has 0 aliphatic carbocycles. The maximum atomic E-state index is 12.9. The van der Waals surface area contributed by atoms with Gasteiger partial charge >= 0.3 is 0 Å². The monoisotopic (exact) mass is 461 g/mol. The highest BCUT2D eigenvalue weighted by molar-refractivity contribution is 8.15. The van der Waals surface area contributed by atoms with Gasteiger partial charge in [0.15, 0.2) is 5.66 Å². The van der Waals surface area contributed by atoms with E-state index in [0.717, 1.165) is 27.6 Å². The maximum absolute atomic E-state index is 12.9. The van der Waals surface area contributed by atoms with Crippen LogP contribution in [0.15, 0.2) is 64.6 Å². The van der Waals surface area contributed by atoms with Crippen molar-refractivity contribution >= 4 is 44.1 Å². The van der Waals surface area contributed by atoms with Crippen LogP contribution in [0.4, 0.5) is 0 Å². The second kappa shape index (κ2) is 8.83. The number of rotatable bonds is 5. The van der Waals surface area contributed by atoms with E-state index < -0.39 is 15.7 Å². The van der Waals surface area contributed by atoms with Gasteiger partial charge in [0, 0.05) is 36.5 Å². The largest absolute Gasteiger partial charge is 0.252 e. The summed E-state index contributed by atoms with van der Waals surface area (Å²) >= 11 is 7.71. The molecule has 0 unspecified atom stereocenters. The lowest BCUT2D eigenvalue weighted by molar-refractivity contribution is 0.248. The van der Waals surface area contributed by atoms with Crippen LogP contribution in [0.3, 0.4) is 0 Å². The van der Waals surface area contributed by atoms with Crippen molar-refractivity contribution in [2.75, 3.05) is 18.8 Å². The van der Waals surface area contributed by atoms with E-state index in [1.807, 2.05) is 54.6 Å². The Balaban J connectivity index is 1.52. The molecule has 1 spiro atoms. The normalized spacial score (nSPS) is 19.0. The predicted octanol–water partition coefficient (Wildman–Crippen LogP) is 4.62. The Hall–Kier alpha value is -1.67. The molecule has 30 heavy (non-hydrogen) atoms. The molecular formula is C22H24ClN3O2S2.